The van der Waals surface area contributed by atoms with Crippen LogP contribution in [0.1, 0.15) is 5.56 Å². The molecule has 0 amide bonds. The van der Waals surface area contributed by atoms with Crippen LogP contribution in [0.3, 0.4) is 0 Å². The third-order valence-corrected chi connectivity index (χ3v) is 5.30. The Bertz CT molecular complexity index is 916. The molecule has 1 radical (unpaired) electrons. The van der Waals surface area contributed by atoms with Gasteiger partial charge < -0.3 is 0 Å². The van der Waals surface area contributed by atoms with Gasteiger partial charge in [0, 0.05) is 29.3 Å². The minimum absolute atomic E-state index is 0.127. The number of halogens is 14. The Morgan fingerprint density at radius 2 is 1.39 bits per heavy atom. The van der Waals surface area contributed by atoms with Gasteiger partial charge in [-0.2, -0.15) is 48.3 Å². The summed E-state index contributed by atoms with van der Waals surface area (Å²) in [6.07, 6.45) is -19.5. The SMILES string of the molecule is FC(F)(F)C1=CC(C(F)(C(F)(F)F)C(F)(F)C(F)(F)F)=CC(Br)(c2cccnc2Cl)[CH]1. The highest BCUT2D eigenvalue weighted by atomic mass is 79.9. The van der Waals surface area contributed by atoms with E-state index in [1.807, 2.05) is 0 Å². The van der Waals surface area contributed by atoms with E-state index >= 15 is 0 Å². The smallest absolute Gasteiger partial charge is 0.244 e. The maximum atomic E-state index is 14.8. The largest absolute Gasteiger partial charge is 0.457 e. The van der Waals surface area contributed by atoms with Crippen LogP contribution in [0.2, 0.25) is 5.15 Å². The van der Waals surface area contributed by atoms with E-state index in [0.717, 1.165) is 18.3 Å². The lowest BCUT2D eigenvalue weighted by Crippen LogP contribution is -2.63. The van der Waals surface area contributed by atoms with Crippen LogP contribution >= 0.6 is 27.5 Å². The average molecular weight is 556 g/mol. The highest BCUT2D eigenvalue weighted by molar-refractivity contribution is 9.09. The second-order valence-corrected chi connectivity index (χ2v) is 7.85. The molecule has 2 atom stereocenters. The first kappa shape index (κ1) is 25.8. The van der Waals surface area contributed by atoms with Gasteiger partial charge in [0.15, 0.2) is 0 Å². The maximum Gasteiger partial charge on any atom is 0.457 e. The van der Waals surface area contributed by atoms with Crippen LogP contribution in [0.15, 0.2) is 41.6 Å². The van der Waals surface area contributed by atoms with Crippen molar-refractivity contribution in [3.63, 3.8) is 0 Å². The zero-order valence-electron chi connectivity index (χ0n) is 14.2. The van der Waals surface area contributed by atoms with Crippen LogP contribution in [-0.2, 0) is 4.32 Å². The van der Waals surface area contributed by atoms with Crippen molar-refractivity contribution in [2.75, 3.05) is 0 Å². The van der Waals surface area contributed by atoms with E-state index in [-0.39, 0.29) is 12.5 Å². The van der Waals surface area contributed by atoms with Crippen molar-refractivity contribution in [3.8, 4) is 0 Å². The molecule has 1 aromatic heterocycles. The van der Waals surface area contributed by atoms with Gasteiger partial charge >= 0.3 is 30.1 Å². The summed E-state index contributed by atoms with van der Waals surface area (Å²) >= 11 is 8.24. The molecule has 1 nitrogen and oxygen atoms in total. The molecule has 15 heteroatoms. The van der Waals surface area contributed by atoms with Gasteiger partial charge in [-0.25, -0.2) is 9.37 Å². The molecule has 1 aromatic rings. The molecule has 1 aliphatic rings. The maximum absolute atomic E-state index is 14.8. The molecule has 0 aliphatic heterocycles. The molecule has 2 rings (SSSR count). The zero-order chi connectivity index (χ0) is 24.3. The van der Waals surface area contributed by atoms with E-state index in [4.69, 9.17) is 11.6 Å². The van der Waals surface area contributed by atoms with E-state index in [9.17, 15) is 52.7 Å². The molecule has 0 aromatic carbocycles. The third-order valence-electron chi connectivity index (χ3n) is 4.12. The number of pyridine rings is 1. The molecule has 1 aliphatic carbocycles. The van der Waals surface area contributed by atoms with Crippen LogP contribution in [0, 0.1) is 6.42 Å². The predicted octanol–water partition coefficient (Wildman–Crippen LogP) is 7.43. The van der Waals surface area contributed by atoms with Gasteiger partial charge in [-0.05, 0) is 12.1 Å². The molecule has 0 N–H and O–H groups in total. The number of alkyl halides is 13. The molecule has 31 heavy (non-hydrogen) atoms. The topological polar surface area (TPSA) is 12.9 Å². The highest BCUT2D eigenvalue weighted by Crippen LogP contribution is 2.59. The molecule has 0 fully saturated rings. The Hall–Kier alpha value is -1.44. The summed E-state index contributed by atoms with van der Waals surface area (Å²) in [5, 5.41) is -0.645. The Morgan fingerprint density at radius 3 is 1.81 bits per heavy atom. The van der Waals surface area contributed by atoms with E-state index in [1.165, 1.54) is 0 Å². The lowest BCUT2D eigenvalue weighted by molar-refractivity contribution is -0.371. The van der Waals surface area contributed by atoms with Gasteiger partial charge in [0.2, 0.25) is 0 Å². The highest BCUT2D eigenvalue weighted by Gasteiger charge is 2.82. The van der Waals surface area contributed by atoms with Crippen LogP contribution < -0.4 is 0 Å². The lowest BCUT2D eigenvalue weighted by atomic mass is 9.77. The summed E-state index contributed by atoms with van der Waals surface area (Å²) in [6.45, 7) is 0. The summed E-state index contributed by atoms with van der Waals surface area (Å²) in [7, 11) is 0. The number of rotatable bonds is 3. The Labute approximate surface area is 178 Å². The lowest BCUT2D eigenvalue weighted by Gasteiger charge is -2.40. The minimum atomic E-state index is -7.15. The van der Waals surface area contributed by atoms with E-state index in [2.05, 4.69) is 20.9 Å². The van der Waals surface area contributed by atoms with Crippen molar-refractivity contribution in [3.05, 3.63) is 58.8 Å². The van der Waals surface area contributed by atoms with E-state index in [1.54, 1.807) is 0 Å². The van der Waals surface area contributed by atoms with Crippen molar-refractivity contribution in [1.29, 1.82) is 0 Å². The summed E-state index contributed by atoms with van der Waals surface area (Å²) in [5.74, 6) is -7.15. The zero-order valence-corrected chi connectivity index (χ0v) is 16.5. The average Bonchev–Trinajstić information content (AvgIpc) is 2.57. The first-order chi connectivity index (χ1) is 13.7. The molecular weight excluding hydrogens is 550 g/mol. The van der Waals surface area contributed by atoms with Crippen molar-refractivity contribution in [1.82, 2.24) is 4.98 Å². The molecule has 173 valence electrons. The van der Waals surface area contributed by atoms with Gasteiger partial charge in [-0.15, -0.1) is 0 Å². The summed E-state index contributed by atoms with van der Waals surface area (Å²) in [5.41, 5.74) is -11.9. The van der Waals surface area contributed by atoms with Crippen molar-refractivity contribution >= 4 is 27.5 Å². The molecule has 0 bridgehead atoms. The summed E-state index contributed by atoms with van der Waals surface area (Å²) in [4.78, 5) is 3.45. The number of hydrogen-bond acceptors (Lipinski definition) is 1. The van der Waals surface area contributed by atoms with E-state index in [0.29, 0.717) is 0 Å². The molecule has 0 spiro atoms. The number of aromatic nitrogens is 1. The molecule has 0 saturated heterocycles. The fraction of sp³-hybridized carbons (Fsp3) is 0.375. The van der Waals surface area contributed by atoms with Crippen LogP contribution in [0.4, 0.5) is 52.7 Å². The van der Waals surface area contributed by atoms with Gasteiger partial charge in [-0.1, -0.05) is 39.7 Å². The van der Waals surface area contributed by atoms with Crippen molar-refractivity contribution in [2.24, 2.45) is 0 Å². The minimum Gasteiger partial charge on any atom is -0.244 e. The van der Waals surface area contributed by atoms with Gasteiger partial charge in [0.25, 0.3) is 0 Å². The summed E-state index contributed by atoms with van der Waals surface area (Å²) in [6, 6.07) is 1.93. The molecule has 0 saturated carbocycles. The number of allylic oxidation sites excluding steroid dienone is 4. The van der Waals surface area contributed by atoms with E-state index < -0.39 is 62.4 Å². The first-order valence-electron chi connectivity index (χ1n) is 7.56. The van der Waals surface area contributed by atoms with Crippen molar-refractivity contribution < 1.29 is 52.7 Å². The fourth-order valence-electron chi connectivity index (χ4n) is 2.65. The van der Waals surface area contributed by atoms with Gasteiger partial charge in [0.05, 0.1) is 4.32 Å². The fourth-order valence-corrected chi connectivity index (χ4v) is 3.86. The standard InChI is InChI=1S/C16H6BrClF12N/c17-11(9-2-1-3-31-10(9)18)5-7(4-8(6-11)13(20,21)22)12(19,15(25,26)27)14(23,24)16(28,29)30/h1-6H. The Morgan fingerprint density at radius 1 is 0.839 bits per heavy atom. The second kappa shape index (κ2) is 7.56. The van der Waals surface area contributed by atoms with Gasteiger partial charge in [-0.3, -0.25) is 0 Å². The quantitative estimate of drug-likeness (QED) is 0.215. The number of hydrogen-bond donors (Lipinski definition) is 0. The predicted molar refractivity (Wildman–Crippen MR) is 87.3 cm³/mol. The van der Waals surface area contributed by atoms with Gasteiger partial charge in [0.1, 0.15) is 5.15 Å². The second-order valence-electron chi connectivity index (χ2n) is 6.18. The van der Waals surface area contributed by atoms with Crippen molar-refractivity contribution in [2.45, 2.75) is 34.4 Å². The first-order valence-corrected chi connectivity index (χ1v) is 8.74. The van der Waals surface area contributed by atoms with Crippen LogP contribution in [0.5, 0.6) is 0 Å². The van der Waals surface area contributed by atoms with Crippen LogP contribution in [0.25, 0.3) is 0 Å². The molecule has 2 unspecified atom stereocenters. The molecule has 1 heterocycles. The molecular formula is C16H6BrClF12N. The Balaban J connectivity index is 2.92. The summed E-state index contributed by atoms with van der Waals surface area (Å²) < 4.78 is 158. The normalized spacial score (nSPS) is 23.2. The Kier molecular flexibility index (Phi) is 6.30. The van der Waals surface area contributed by atoms with Crippen LogP contribution in [-0.4, -0.2) is 35.1 Å². The third kappa shape index (κ3) is 4.29. The number of nitrogens with zero attached hydrogens (tertiary/aromatic N) is 1. The monoisotopic (exact) mass is 554 g/mol.